The molecular formula is C11H13IN2O4. The SMILES string of the molecule is CC(C)(C)OC(=O)Nc1ccc([N+](=O)[O-])c(I)c1. The molecule has 0 bridgehead atoms. The number of nitrogens with zero attached hydrogens (tertiary/aromatic N) is 1. The number of nitrogens with one attached hydrogen (secondary N) is 1. The van der Waals surface area contributed by atoms with Gasteiger partial charge in [-0.15, -0.1) is 0 Å². The van der Waals surface area contributed by atoms with Crippen molar-refractivity contribution in [2.45, 2.75) is 26.4 Å². The van der Waals surface area contributed by atoms with Crippen LogP contribution in [0.15, 0.2) is 18.2 Å². The highest BCUT2D eigenvalue weighted by molar-refractivity contribution is 14.1. The average molecular weight is 364 g/mol. The Kier molecular flexibility index (Phi) is 4.49. The highest BCUT2D eigenvalue weighted by atomic mass is 127. The molecule has 1 N–H and O–H groups in total. The molecule has 0 radical (unpaired) electrons. The van der Waals surface area contributed by atoms with E-state index >= 15 is 0 Å². The second-order valence-corrected chi connectivity index (χ2v) is 5.71. The number of hydrogen-bond donors (Lipinski definition) is 1. The summed E-state index contributed by atoms with van der Waals surface area (Å²) in [4.78, 5) is 21.6. The van der Waals surface area contributed by atoms with Gasteiger partial charge in [-0.05, 0) is 55.5 Å². The van der Waals surface area contributed by atoms with Gasteiger partial charge in [0.2, 0.25) is 0 Å². The van der Waals surface area contributed by atoms with Gasteiger partial charge in [0.15, 0.2) is 0 Å². The number of amides is 1. The van der Waals surface area contributed by atoms with Crippen molar-refractivity contribution in [3.8, 4) is 0 Å². The van der Waals surface area contributed by atoms with Crippen molar-refractivity contribution in [3.05, 3.63) is 31.9 Å². The minimum Gasteiger partial charge on any atom is -0.444 e. The van der Waals surface area contributed by atoms with E-state index in [4.69, 9.17) is 4.74 Å². The highest BCUT2D eigenvalue weighted by Crippen LogP contribution is 2.24. The van der Waals surface area contributed by atoms with E-state index in [1.165, 1.54) is 18.2 Å². The smallest absolute Gasteiger partial charge is 0.412 e. The molecule has 0 aromatic heterocycles. The number of benzene rings is 1. The van der Waals surface area contributed by atoms with Gasteiger partial charge in [0, 0.05) is 11.8 Å². The van der Waals surface area contributed by atoms with E-state index in [0.29, 0.717) is 9.26 Å². The number of carbonyl (C=O) groups excluding carboxylic acids is 1. The summed E-state index contributed by atoms with van der Waals surface area (Å²) in [7, 11) is 0. The molecule has 0 unspecified atom stereocenters. The molecule has 0 aliphatic rings. The molecule has 0 aliphatic carbocycles. The molecule has 1 aromatic rings. The third-order valence-electron chi connectivity index (χ3n) is 1.79. The predicted molar refractivity (Wildman–Crippen MR) is 75.7 cm³/mol. The van der Waals surface area contributed by atoms with Gasteiger partial charge < -0.3 is 4.74 Å². The first-order valence-corrected chi connectivity index (χ1v) is 6.21. The molecule has 98 valence electrons. The van der Waals surface area contributed by atoms with Gasteiger partial charge in [-0.2, -0.15) is 0 Å². The predicted octanol–water partition coefficient (Wildman–Crippen LogP) is 3.55. The monoisotopic (exact) mass is 364 g/mol. The number of anilines is 1. The minimum absolute atomic E-state index is 0.00494. The van der Waals surface area contributed by atoms with E-state index in [0.717, 1.165) is 0 Å². The lowest BCUT2D eigenvalue weighted by atomic mass is 10.2. The van der Waals surface area contributed by atoms with Crippen LogP contribution in [0.2, 0.25) is 0 Å². The molecular weight excluding hydrogens is 351 g/mol. The maximum atomic E-state index is 11.5. The fraction of sp³-hybridized carbons (Fsp3) is 0.364. The van der Waals surface area contributed by atoms with Crippen molar-refractivity contribution in [1.82, 2.24) is 0 Å². The van der Waals surface area contributed by atoms with E-state index in [1.807, 2.05) is 22.6 Å². The van der Waals surface area contributed by atoms with Crippen molar-refractivity contribution in [2.75, 3.05) is 5.32 Å². The molecule has 0 atom stereocenters. The summed E-state index contributed by atoms with van der Waals surface area (Å²) in [5, 5.41) is 13.1. The second-order valence-electron chi connectivity index (χ2n) is 4.55. The van der Waals surface area contributed by atoms with Gasteiger partial charge in [-0.25, -0.2) is 4.79 Å². The van der Waals surface area contributed by atoms with Gasteiger partial charge in [-0.3, -0.25) is 15.4 Å². The Morgan fingerprint density at radius 3 is 2.50 bits per heavy atom. The lowest BCUT2D eigenvalue weighted by Crippen LogP contribution is -2.27. The number of ether oxygens (including phenoxy) is 1. The van der Waals surface area contributed by atoms with Crippen molar-refractivity contribution in [2.24, 2.45) is 0 Å². The van der Waals surface area contributed by atoms with E-state index in [2.05, 4.69) is 5.32 Å². The first-order chi connectivity index (χ1) is 8.19. The van der Waals surface area contributed by atoms with E-state index < -0.39 is 16.6 Å². The van der Waals surface area contributed by atoms with Crippen molar-refractivity contribution in [3.63, 3.8) is 0 Å². The Hall–Kier alpha value is -1.38. The zero-order valence-corrected chi connectivity index (χ0v) is 12.3. The Morgan fingerprint density at radius 2 is 2.06 bits per heavy atom. The van der Waals surface area contributed by atoms with Crippen LogP contribution in [0.1, 0.15) is 20.8 Å². The molecule has 18 heavy (non-hydrogen) atoms. The van der Waals surface area contributed by atoms with Crippen molar-refractivity contribution < 1.29 is 14.5 Å². The molecule has 0 heterocycles. The summed E-state index contributed by atoms with van der Waals surface area (Å²) in [5.41, 5.74) is -0.123. The molecule has 6 nitrogen and oxygen atoms in total. The van der Waals surface area contributed by atoms with Gasteiger partial charge in [0.05, 0.1) is 8.49 Å². The Bertz CT molecular complexity index is 482. The van der Waals surface area contributed by atoms with Crippen LogP contribution < -0.4 is 5.32 Å². The molecule has 0 aliphatic heterocycles. The summed E-state index contributed by atoms with van der Waals surface area (Å²) in [6, 6.07) is 4.32. The Morgan fingerprint density at radius 1 is 1.44 bits per heavy atom. The quantitative estimate of drug-likeness (QED) is 0.494. The topological polar surface area (TPSA) is 81.5 Å². The van der Waals surface area contributed by atoms with E-state index in [9.17, 15) is 14.9 Å². The third kappa shape index (κ3) is 4.47. The molecule has 0 saturated heterocycles. The van der Waals surface area contributed by atoms with Crippen molar-refractivity contribution >= 4 is 40.1 Å². The van der Waals surface area contributed by atoms with Gasteiger partial charge >= 0.3 is 6.09 Å². The number of nitro groups is 1. The van der Waals surface area contributed by atoms with Crippen LogP contribution in [-0.4, -0.2) is 16.6 Å². The normalized spacial score (nSPS) is 10.9. The third-order valence-corrected chi connectivity index (χ3v) is 2.65. The van der Waals surface area contributed by atoms with E-state index in [1.54, 1.807) is 20.8 Å². The van der Waals surface area contributed by atoms with Crippen molar-refractivity contribution in [1.29, 1.82) is 0 Å². The van der Waals surface area contributed by atoms with Crippen LogP contribution >= 0.6 is 22.6 Å². The van der Waals surface area contributed by atoms with Crippen LogP contribution in [0, 0.1) is 13.7 Å². The van der Waals surface area contributed by atoms with Crippen LogP contribution in [0.3, 0.4) is 0 Å². The molecule has 0 saturated carbocycles. The number of nitro benzene ring substituents is 1. The number of hydrogen-bond acceptors (Lipinski definition) is 4. The summed E-state index contributed by atoms with van der Waals surface area (Å²) in [6.45, 7) is 5.27. The second kappa shape index (κ2) is 5.51. The van der Waals surface area contributed by atoms with Crippen LogP contribution in [0.4, 0.5) is 16.2 Å². The maximum Gasteiger partial charge on any atom is 0.412 e. The zero-order valence-electron chi connectivity index (χ0n) is 10.2. The molecule has 0 spiro atoms. The van der Waals surface area contributed by atoms with Crippen LogP contribution in [0.25, 0.3) is 0 Å². The Balaban J connectivity index is 2.78. The number of rotatable bonds is 2. The summed E-state index contributed by atoms with van der Waals surface area (Å²) in [5.74, 6) is 0. The molecule has 0 fully saturated rings. The number of carbonyl (C=O) groups is 1. The van der Waals surface area contributed by atoms with Gasteiger partial charge in [0.1, 0.15) is 5.60 Å². The average Bonchev–Trinajstić information content (AvgIpc) is 2.13. The maximum absolute atomic E-state index is 11.5. The zero-order chi connectivity index (χ0) is 13.9. The van der Waals surface area contributed by atoms with Crippen LogP contribution in [0.5, 0.6) is 0 Å². The fourth-order valence-electron chi connectivity index (χ4n) is 1.15. The lowest BCUT2D eigenvalue weighted by Gasteiger charge is -2.19. The standard InChI is InChI=1S/C11H13IN2O4/c1-11(2,3)18-10(15)13-7-4-5-9(14(16)17)8(12)6-7/h4-6H,1-3H3,(H,13,15). The fourth-order valence-corrected chi connectivity index (χ4v) is 1.87. The molecule has 1 aromatic carbocycles. The lowest BCUT2D eigenvalue weighted by molar-refractivity contribution is -0.385. The summed E-state index contributed by atoms with van der Waals surface area (Å²) in [6.07, 6.45) is -0.591. The largest absolute Gasteiger partial charge is 0.444 e. The minimum atomic E-state index is -0.591. The van der Waals surface area contributed by atoms with E-state index in [-0.39, 0.29) is 5.69 Å². The van der Waals surface area contributed by atoms with Gasteiger partial charge in [-0.1, -0.05) is 0 Å². The molecule has 1 amide bonds. The molecule has 1 rings (SSSR count). The Labute approximate surface area is 118 Å². The first-order valence-electron chi connectivity index (χ1n) is 5.13. The number of halogens is 1. The van der Waals surface area contributed by atoms with Crippen LogP contribution in [-0.2, 0) is 4.74 Å². The summed E-state index contributed by atoms with van der Waals surface area (Å²) >= 11 is 1.84. The molecule has 7 heteroatoms. The first kappa shape index (κ1) is 14.7. The highest BCUT2D eigenvalue weighted by Gasteiger charge is 2.17. The van der Waals surface area contributed by atoms with Gasteiger partial charge in [0.25, 0.3) is 5.69 Å². The summed E-state index contributed by atoms with van der Waals surface area (Å²) < 4.78 is 5.52.